The third-order valence-electron chi connectivity index (χ3n) is 3.39. The zero-order chi connectivity index (χ0) is 14.4. The van der Waals surface area contributed by atoms with Gasteiger partial charge in [-0.15, -0.1) is 0 Å². The first-order chi connectivity index (χ1) is 9.70. The fourth-order valence-electron chi connectivity index (χ4n) is 2.24. The lowest BCUT2D eigenvalue weighted by molar-refractivity contribution is 0.720. The van der Waals surface area contributed by atoms with Crippen LogP contribution in [-0.4, -0.2) is 18.6 Å². The Hall–Kier alpha value is -1.87. The Morgan fingerprint density at radius 2 is 1.90 bits per heavy atom. The Labute approximate surface area is 121 Å². The predicted octanol–water partition coefficient (Wildman–Crippen LogP) is 3.14. The Kier molecular flexibility index (Phi) is 5.13. The average molecular weight is 269 g/mol. The molecule has 0 amide bonds. The highest BCUT2D eigenvalue weighted by atomic mass is 15.1. The van der Waals surface area contributed by atoms with E-state index in [4.69, 9.17) is 0 Å². The van der Waals surface area contributed by atoms with Crippen molar-refractivity contribution < 1.29 is 0 Å². The van der Waals surface area contributed by atoms with E-state index < -0.39 is 0 Å². The summed E-state index contributed by atoms with van der Waals surface area (Å²) >= 11 is 0. The van der Waals surface area contributed by atoms with Crippen LogP contribution in [0.2, 0.25) is 0 Å². The summed E-state index contributed by atoms with van der Waals surface area (Å²) in [6.45, 7) is 6.97. The molecule has 0 spiro atoms. The smallest absolute Gasteiger partial charge is 0.0443 e. The lowest BCUT2D eigenvalue weighted by Crippen LogP contribution is -2.20. The molecular formula is C17H23N3. The summed E-state index contributed by atoms with van der Waals surface area (Å²) in [5.74, 6) is 0. The third-order valence-corrected chi connectivity index (χ3v) is 3.39. The van der Waals surface area contributed by atoms with Crippen LogP contribution in [0.5, 0.6) is 0 Å². The standard InChI is InChI=1S/C17H23N3/c1-4-18-11-16-12-19-10-9-17(16)20(3)13-15-7-5-14(2)6-8-15/h5-10,12,18H,4,11,13H2,1-3H3. The molecule has 3 heteroatoms. The van der Waals surface area contributed by atoms with Crippen LogP contribution in [0, 0.1) is 6.92 Å². The van der Waals surface area contributed by atoms with Crippen LogP contribution in [0.25, 0.3) is 0 Å². The summed E-state index contributed by atoms with van der Waals surface area (Å²) in [4.78, 5) is 6.51. The van der Waals surface area contributed by atoms with Gasteiger partial charge in [-0.3, -0.25) is 4.98 Å². The SMILES string of the molecule is CCNCc1cnccc1N(C)Cc1ccc(C)cc1. The van der Waals surface area contributed by atoms with Crippen LogP contribution >= 0.6 is 0 Å². The van der Waals surface area contributed by atoms with Gasteiger partial charge in [0.2, 0.25) is 0 Å². The molecule has 0 fully saturated rings. The van der Waals surface area contributed by atoms with Crippen molar-refractivity contribution in [2.24, 2.45) is 0 Å². The fourth-order valence-corrected chi connectivity index (χ4v) is 2.24. The summed E-state index contributed by atoms with van der Waals surface area (Å²) in [5, 5.41) is 3.36. The largest absolute Gasteiger partial charge is 0.370 e. The Balaban J connectivity index is 2.12. The number of aromatic nitrogens is 1. The monoisotopic (exact) mass is 269 g/mol. The fraction of sp³-hybridized carbons (Fsp3) is 0.353. The van der Waals surface area contributed by atoms with Crippen LogP contribution in [0.3, 0.4) is 0 Å². The van der Waals surface area contributed by atoms with Gasteiger partial charge in [0.15, 0.2) is 0 Å². The molecule has 0 saturated heterocycles. The number of nitrogens with zero attached hydrogens (tertiary/aromatic N) is 2. The number of aryl methyl sites for hydroxylation is 1. The van der Waals surface area contributed by atoms with Gasteiger partial charge in [0.25, 0.3) is 0 Å². The summed E-state index contributed by atoms with van der Waals surface area (Å²) in [5.41, 5.74) is 5.10. The summed E-state index contributed by atoms with van der Waals surface area (Å²) in [6.07, 6.45) is 3.81. The van der Waals surface area contributed by atoms with Gasteiger partial charge >= 0.3 is 0 Å². The molecule has 0 unspecified atom stereocenters. The number of hydrogen-bond donors (Lipinski definition) is 1. The van der Waals surface area contributed by atoms with Crippen molar-refractivity contribution in [2.45, 2.75) is 26.9 Å². The van der Waals surface area contributed by atoms with Crippen molar-refractivity contribution in [1.29, 1.82) is 0 Å². The van der Waals surface area contributed by atoms with Crippen molar-refractivity contribution in [3.63, 3.8) is 0 Å². The van der Waals surface area contributed by atoms with Crippen molar-refractivity contribution in [3.8, 4) is 0 Å². The second-order valence-corrected chi connectivity index (χ2v) is 5.13. The van der Waals surface area contributed by atoms with Gasteiger partial charge < -0.3 is 10.2 Å². The van der Waals surface area contributed by atoms with Gasteiger partial charge in [-0.2, -0.15) is 0 Å². The molecule has 0 saturated carbocycles. The first-order valence-corrected chi connectivity index (χ1v) is 7.11. The lowest BCUT2D eigenvalue weighted by Gasteiger charge is -2.22. The maximum atomic E-state index is 4.23. The van der Waals surface area contributed by atoms with E-state index in [2.05, 4.69) is 66.4 Å². The first kappa shape index (κ1) is 14.5. The van der Waals surface area contributed by atoms with Crippen LogP contribution in [0.1, 0.15) is 23.6 Å². The molecule has 2 aromatic rings. The zero-order valence-electron chi connectivity index (χ0n) is 12.6. The average Bonchev–Trinajstić information content (AvgIpc) is 2.47. The van der Waals surface area contributed by atoms with E-state index in [1.54, 1.807) is 0 Å². The molecule has 0 atom stereocenters. The topological polar surface area (TPSA) is 28.2 Å². The lowest BCUT2D eigenvalue weighted by atomic mass is 10.1. The molecule has 1 N–H and O–H groups in total. The molecule has 2 rings (SSSR count). The van der Waals surface area contributed by atoms with Gasteiger partial charge in [0.1, 0.15) is 0 Å². The van der Waals surface area contributed by atoms with E-state index in [9.17, 15) is 0 Å². The molecule has 0 aliphatic heterocycles. The summed E-state index contributed by atoms with van der Waals surface area (Å²) < 4.78 is 0. The molecule has 0 radical (unpaired) electrons. The predicted molar refractivity (Wildman–Crippen MR) is 84.9 cm³/mol. The highest BCUT2D eigenvalue weighted by Crippen LogP contribution is 2.20. The van der Waals surface area contributed by atoms with Crippen molar-refractivity contribution in [1.82, 2.24) is 10.3 Å². The highest BCUT2D eigenvalue weighted by Gasteiger charge is 2.07. The van der Waals surface area contributed by atoms with Crippen molar-refractivity contribution in [3.05, 3.63) is 59.4 Å². The number of anilines is 1. The Morgan fingerprint density at radius 1 is 1.15 bits per heavy atom. The Bertz CT molecular complexity index is 534. The maximum Gasteiger partial charge on any atom is 0.0443 e. The molecule has 0 aliphatic rings. The summed E-state index contributed by atoms with van der Waals surface area (Å²) in [6, 6.07) is 10.8. The second-order valence-electron chi connectivity index (χ2n) is 5.13. The zero-order valence-corrected chi connectivity index (χ0v) is 12.6. The van der Waals surface area contributed by atoms with Crippen molar-refractivity contribution in [2.75, 3.05) is 18.5 Å². The van der Waals surface area contributed by atoms with E-state index in [1.807, 2.05) is 12.4 Å². The third kappa shape index (κ3) is 3.81. The number of hydrogen-bond acceptors (Lipinski definition) is 3. The number of rotatable bonds is 6. The minimum atomic E-state index is 0.859. The van der Waals surface area contributed by atoms with Crippen LogP contribution in [0.15, 0.2) is 42.7 Å². The molecule has 20 heavy (non-hydrogen) atoms. The van der Waals surface area contributed by atoms with Gasteiger partial charge in [-0.05, 0) is 25.1 Å². The number of nitrogens with one attached hydrogen (secondary N) is 1. The molecule has 1 aromatic heterocycles. The van der Waals surface area contributed by atoms with Gasteiger partial charge in [-0.1, -0.05) is 36.8 Å². The van der Waals surface area contributed by atoms with Crippen LogP contribution < -0.4 is 10.2 Å². The normalized spacial score (nSPS) is 10.6. The van der Waals surface area contributed by atoms with Gasteiger partial charge in [-0.25, -0.2) is 0 Å². The number of pyridine rings is 1. The van der Waals surface area contributed by atoms with Crippen LogP contribution in [0.4, 0.5) is 5.69 Å². The van der Waals surface area contributed by atoms with Gasteiger partial charge in [0.05, 0.1) is 0 Å². The van der Waals surface area contributed by atoms with Crippen LogP contribution in [-0.2, 0) is 13.1 Å². The number of benzene rings is 1. The van der Waals surface area contributed by atoms with E-state index in [-0.39, 0.29) is 0 Å². The molecule has 1 heterocycles. The second kappa shape index (κ2) is 7.06. The molecular weight excluding hydrogens is 246 g/mol. The molecule has 0 bridgehead atoms. The van der Waals surface area contributed by atoms with E-state index >= 15 is 0 Å². The van der Waals surface area contributed by atoms with E-state index in [0.29, 0.717) is 0 Å². The van der Waals surface area contributed by atoms with E-state index in [1.165, 1.54) is 22.4 Å². The van der Waals surface area contributed by atoms with E-state index in [0.717, 1.165) is 19.6 Å². The highest BCUT2D eigenvalue weighted by molar-refractivity contribution is 5.52. The maximum absolute atomic E-state index is 4.23. The van der Waals surface area contributed by atoms with Gasteiger partial charge in [0, 0.05) is 43.8 Å². The van der Waals surface area contributed by atoms with Crippen molar-refractivity contribution >= 4 is 5.69 Å². The first-order valence-electron chi connectivity index (χ1n) is 7.11. The Morgan fingerprint density at radius 3 is 2.60 bits per heavy atom. The molecule has 1 aromatic carbocycles. The molecule has 3 nitrogen and oxygen atoms in total. The minimum absolute atomic E-state index is 0.859. The molecule has 0 aliphatic carbocycles. The minimum Gasteiger partial charge on any atom is -0.370 e. The summed E-state index contributed by atoms with van der Waals surface area (Å²) in [7, 11) is 2.13. The molecule has 106 valence electrons. The quantitative estimate of drug-likeness (QED) is 0.873.